The zero-order valence-corrected chi connectivity index (χ0v) is 12.5. The fourth-order valence-electron chi connectivity index (χ4n) is 2.06. The minimum Gasteiger partial charge on any atom is -0.469 e. The highest BCUT2D eigenvalue weighted by Crippen LogP contribution is 2.38. The molecule has 0 atom stereocenters. The van der Waals surface area contributed by atoms with Crippen LogP contribution in [0.2, 0.25) is 0 Å². The van der Waals surface area contributed by atoms with Gasteiger partial charge in [0.15, 0.2) is 0 Å². The summed E-state index contributed by atoms with van der Waals surface area (Å²) < 4.78 is 26.0. The van der Waals surface area contributed by atoms with Crippen LogP contribution in [0.15, 0.2) is 0 Å². The van der Waals surface area contributed by atoms with Crippen LogP contribution in [0.25, 0.3) is 0 Å². The first-order valence-electron chi connectivity index (χ1n) is 7.08. The van der Waals surface area contributed by atoms with Crippen LogP contribution in [0.4, 0.5) is 0 Å². The monoisotopic (exact) mass is 290 g/mol. The number of methoxy groups -OCH3 is 2. The maximum absolute atomic E-state index is 11.3. The maximum atomic E-state index is 11.3. The van der Waals surface area contributed by atoms with Crippen LogP contribution in [0, 0.1) is 0 Å². The largest absolute Gasteiger partial charge is 0.469 e. The Labute approximate surface area is 120 Å². The number of carbonyl (C=O) groups excluding carboxylic acids is 1. The molecule has 0 aromatic rings. The summed E-state index contributed by atoms with van der Waals surface area (Å²) in [7, 11) is 3.04. The lowest BCUT2D eigenvalue weighted by molar-refractivity contribution is -0.160. The molecule has 0 spiro atoms. The summed E-state index contributed by atoms with van der Waals surface area (Å²) in [5, 5.41) is 0. The summed E-state index contributed by atoms with van der Waals surface area (Å²) in [6, 6.07) is 0. The van der Waals surface area contributed by atoms with Crippen LogP contribution in [-0.4, -0.2) is 65.4 Å². The van der Waals surface area contributed by atoms with Gasteiger partial charge in [-0.25, -0.2) is 0 Å². The minimum absolute atomic E-state index is 0.211. The summed E-state index contributed by atoms with van der Waals surface area (Å²) in [5.41, 5.74) is -0.314. The molecular weight excluding hydrogens is 264 g/mol. The second kappa shape index (κ2) is 10.1. The van der Waals surface area contributed by atoms with Gasteiger partial charge in [-0.3, -0.25) is 4.79 Å². The van der Waals surface area contributed by atoms with Crippen molar-refractivity contribution in [2.75, 3.05) is 53.9 Å². The van der Waals surface area contributed by atoms with Crippen molar-refractivity contribution in [2.45, 2.75) is 31.3 Å². The standard InChI is InChI=1S/C14H26O6/c1-16-6-7-18-8-9-19-10-11-20-14(4-3-5-14)12-13(15)17-2/h3-12H2,1-2H3. The van der Waals surface area contributed by atoms with E-state index in [9.17, 15) is 4.79 Å². The van der Waals surface area contributed by atoms with Crippen molar-refractivity contribution in [3.63, 3.8) is 0 Å². The van der Waals surface area contributed by atoms with Crippen LogP contribution in [0.5, 0.6) is 0 Å². The van der Waals surface area contributed by atoms with Crippen molar-refractivity contribution in [1.82, 2.24) is 0 Å². The van der Waals surface area contributed by atoms with Crippen molar-refractivity contribution in [2.24, 2.45) is 0 Å². The van der Waals surface area contributed by atoms with Crippen molar-refractivity contribution >= 4 is 5.97 Å². The van der Waals surface area contributed by atoms with E-state index in [4.69, 9.17) is 23.7 Å². The molecule has 0 aromatic carbocycles. The van der Waals surface area contributed by atoms with Gasteiger partial charge in [0.05, 0.1) is 58.8 Å². The first kappa shape index (κ1) is 17.4. The molecule has 1 saturated carbocycles. The summed E-state index contributed by atoms with van der Waals surface area (Å²) in [6.45, 7) is 3.27. The van der Waals surface area contributed by atoms with Crippen molar-refractivity contribution < 1.29 is 28.5 Å². The van der Waals surface area contributed by atoms with Gasteiger partial charge in [0.1, 0.15) is 0 Å². The molecule has 1 aliphatic rings. The molecule has 0 aromatic heterocycles. The third kappa shape index (κ3) is 6.65. The maximum Gasteiger partial charge on any atom is 0.308 e. The van der Waals surface area contributed by atoms with E-state index in [0.717, 1.165) is 19.3 Å². The number of hydrogen-bond acceptors (Lipinski definition) is 6. The molecule has 0 aliphatic heterocycles. The van der Waals surface area contributed by atoms with Gasteiger partial charge in [0.2, 0.25) is 0 Å². The SMILES string of the molecule is COCCOCCOCCOC1(CC(=O)OC)CCC1. The number of rotatable bonds is 12. The lowest BCUT2D eigenvalue weighted by Crippen LogP contribution is -2.43. The normalized spacial score (nSPS) is 16.7. The van der Waals surface area contributed by atoms with Gasteiger partial charge in [0, 0.05) is 7.11 Å². The lowest BCUT2D eigenvalue weighted by atomic mass is 9.77. The molecular formula is C14H26O6. The molecule has 0 radical (unpaired) electrons. The molecule has 0 saturated heterocycles. The summed E-state index contributed by atoms with van der Waals surface area (Å²) in [6.07, 6.45) is 3.28. The number of esters is 1. The van der Waals surface area contributed by atoms with E-state index in [0.29, 0.717) is 46.1 Å². The third-order valence-electron chi connectivity index (χ3n) is 3.40. The van der Waals surface area contributed by atoms with Gasteiger partial charge in [-0.2, -0.15) is 0 Å². The molecule has 0 bridgehead atoms. The molecule has 0 N–H and O–H groups in total. The Morgan fingerprint density at radius 2 is 1.55 bits per heavy atom. The van der Waals surface area contributed by atoms with E-state index in [-0.39, 0.29) is 11.6 Å². The fraction of sp³-hybridized carbons (Fsp3) is 0.929. The Morgan fingerprint density at radius 1 is 0.950 bits per heavy atom. The van der Waals surface area contributed by atoms with E-state index >= 15 is 0 Å². The molecule has 1 aliphatic carbocycles. The lowest BCUT2D eigenvalue weighted by Gasteiger charge is -2.40. The quantitative estimate of drug-likeness (QED) is 0.397. The summed E-state index contributed by atoms with van der Waals surface area (Å²) in [5.74, 6) is -0.211. The molecule has 6 nitrogen and oxygen atoms in total. The van der Waals surface area contributed by atoms with Gasteiger partial charge in [-0.15, -0.1) is 0 Å². The van der Waals surface area contributed by atoms with Gasteiger partial charge in [-0.05, 0) is 19.3 Å². The zero-order chi connectivity index (χ0) is 14.7. The molecule has 0 heterocycles. The van der Waals surface area contributed by atoms with Crippen LogP contribution in [0.1, 0.15) is 25.7 Å². The number of ether oxygens (including phenoxy) is 5. The molecule has 0 unspecified atom stereocenters. The minimum atomic E-state index is -0.314. The average molecular weight is 290 g/mol. The smallest absolute Gasteiger partial charge is 0.308 e. The average Bonchev–Trinajstić information content (AvgIpc) is 2.42. The predicted octanol–water partition coefficient (Wildman–Crippen LogP) is 1.17. The summed E-state index contributed by atoms with van der Waals surface area (Å²) >= 11 is 0. The number of hydrogen-bond donors (Lipinski definition) is 0. The Kier molecular flexibility index (Phi) is 8.77. The molecule has 20 heavy (non-hydrogen) atoms. The van der Waals surface area contributed by atoms with Crippen LogP contribution < -0.4 is 0 Å². The highest BCUT2D eigenvalue weighted by Gasteiger charge is 2.40. The first-order valence-corrected chi connectivity index (χ1v) is 7.08. The topological polar surface area (TPSA) is 63.2 Å². The second-order valence-corrected chi connectivity index (χ2v) is 4.86. The van der Waals surface area contributed by atoms with E-state index in [1.54, 1.807) is 7.11 Å². The molecule has 1 rings (SSSR count). The molecule has 0 amide bonds. The van der Waals surface area contributed by atoms with Crippen LogP contribution >= 0.6 is 0 Å². The fourth-order valence-corrected chi connectivity index (χ4v) is 2.06. The number of carbonyl (C=O) groups is 1. The Balaban J connectivity index is 1.98. The molecule has 118 valence electrons. The predicted molar refractivity (Wildman–Crippen MR) is 72.7 cm³/mol. The van der Waals surface area contributed by atoms with Crippen LogP contribution in [-0.2, 0) is 28.5 Å². The van der Waals surface area contributed by atoms with Gasteiger partial charge in [-0.1, -0.05) is 0 Å². The second-order valence-electron chi connectivity index (χ2n) is 4.86. The van der Waals surface area contributed by atoms with Crippen molar-refractivity contribution in [3.05, 3.63) is 0 Å². The Hall–Kier alpha value is -0.690. The van der Waals surface area contributed by atoms with Crippen molar-refractivity contribution in [3.8, 4) is 0 Å². The van der Waals surface area contributed by atoms with Gasteiger partial charge in [0.25, 0.3) is 0 Å². The van der Waals surface area contributed by atoms with Crippen LogP contribution in [0.3, 0.4) is 0 Å². The molecule has 6 heteroatoms. The summed E-state index contributed by atoms with van der Waals surface area (Å²) in [4.78, 5) is 11.3. The zero-order valence-electron chi connectivity index (χ0n) is 12.5. The molecule has 1 fully saturated rings. The Morgan fingerprint density at radius 3 is 2.05 bits per heavy atom. The highest BCUT2D eigenvalue weighted by molar-refractivity contribution is 5.70. The van der Waals surface area contributed by atoms with E-state index in [2.05, 4.69) is 0 Å². The Bertz CT molecular complexity index is 264. The van der Waals surface area contributed by atoms with Crippen molar-refractivity contribution in [1.29, 1.82) is 0 Å². The first-order chi connectivity index (χ1) is 9.72. The highest BCUT2D eigenvalue weighted by atomic mass is 16.6. The van der Waals surface area contributed by atoms with E-state index in [1.165, 1.54) is 7.11 Å². The van der Waals surface area contributed by atoms with Gasteiger partial charge < -0.3 is 23.7 Å². The van der Waals surface area contributed by atoms with E-state index in [1.807, 2.05) is 0 Å². The third-order valence-corrected chi connectivity index (χ3v) is 3.40. The van der Waals surface area contributed by atoms with Gasteiger partial charge >= 0.3 is 5.97 Å². The van der Waals surface area contributed by atoms with E-state index < -0.39 is 0 Å².